The second kappa shape index (κ2) is 6.16. The lowest BCUT2D eigenvalue weighted by Crippen LogP contribution is -2.24. The fourth-order valence-electron chi connectivity index (χ4n) is 2.28. The van der Waals surface area contributed by atoms with Crippen LogP contribution in [0.5, 0.6) is 0 Å². The number of nitrogens with one attached hydrogen (secondary N) is 2. The molecule has 1 saturated heterocycles. The molecule has 19 heavy (non-hydrogen) atoms. The topological polar surface area (TPSA) is 91.0 Å². The molecular formula is C13H16N4O2. The predicted octanol–water partition coefficient (Wildman–Crippen LogP) is 2.02. The molecule has 2 rings (SSSR count). The summed E-state index contributed by atoms with van der Waals surface area (Å²) in [5.41, 5.74) is 0.628. The molecule has 100 valence electrons. The molecule has 0 unspecified atom stereocenters. The Bertz CT molecular complexity index is 504. The van der Waals surface area contributed by atoms with E-state index in [0.29, 0.717) is 11.7 Å². The summed E-state index contributed by atoms with van der Waals surface area (Å²) in [5, 5.41) is 26.2. The van der Waals surface area contributed by atoms with Crippen molar-refractivity contribution in [3.63, 3.8) is 0 Å². The second-order valence-electron chi connectivity index (χ2n) is 4.61. The Morgan fingerprint density at radius 2 is 2.42 bits per heavy atom. The first-order chi connectivity index (χ1) is 9.20. The van der Waals surface area contributed by atoms with Crippen molar-refractivity contribution >= 4 is 11.4 Å². The molecule has 1 atom stereocenters. The van der Waals surface area contributed by atoms with Gasteiger partial charge in [-0.15, -0.1) is 0 Å². The van der Waals surface area contributed by atoms with Gasteiger partial charge in [0, 0.05) is 24.3 Å². The standard InChI is InChI=1S/C13H16N4O2/c14-9-10-3-4-12(8-13(10)17(18)19)16-7-5-11-2-1-6-15-11/h3-4,8,11,15-16H,1-2,5-7H2/t11-/m1/s1. The van der Waals surface area contributed by atoms with E-state index in [-0.39, 0.29) is 11.3 Å². The van der Waals surface area contributed by atoms with Crippen molar-refractivity contribution in [3.05, 3.63) is 33.9 Å². The summed E-state index contributed by atoms with van der Waals surface area (Å²) < 4.78 is 0. The van der Waals surface area contributed by atoms with Crippen LogP contribution < -0.4 is 10.6 Å². The average molecular weight is 260 g/mol. The molecule has 1 aliphatic heterocycles. The normalized spacial score (nSPS) is 17.9. The number of benzene rings is 1. The van der Waals surface area contributed by atoms with Crippen molar-refractivity contribution in [1.29, 1.82) is 5.26 Å². The number of hydrogen-bond donors (Lipinski definition) is 2. The number of nitro groups is 1. The number of nitro benzene ring substituents is 1. The highest BCUT2D eigenvalue weighted by atomic mass is 16.6. The smallest absolute Gasteiger partial charge is 0.289 e. The molecule has 0 aliphatic carbocycles. The zero-order valence-electron chi connectivity index (χ0n) is 10.6. The van der Waals surface area contributed by atoms with Crippen molar-refractivity contribution < 1.29 is 4.92 Å². The minimum absolute atomic E-state index is 0.0907. The van der Waals surface area contributed by atoms with Crippen LogP contribution in [0.15, 0.2) is 18.2 Å². The van der Waals surface area contributed by atoms with E-state index in [9.17, 15) is 10.1 Å². The highest BCUT2D eigenvalue weighted by Gasteiger charge is 2.15. The Kier molecular flexibility index (Phi) is 4.31. The van der Waals surface area contributed by atoms with Crippen LogP contribution in [-0.2, 0) is 0 Å². The lowest BCUT2D eigenvalue weighted by Gasteiger charge is -2.11. The Labute approximate surface area is 111 Å². The van der Waals surface area contributed by atoms with Gasteiger partial charge in [0.2, 0.25) is 0 Å². The summed E-state index contributed by atoms with van der Waals surface area (Å²) >= 11 is 0. The van der Waals surface area contributed by atoms with Gasteiger partial charge in [0.05, 0.1) is 4.92 Å². The van der Waals surface area contributed by atoms with Crippen molar-refractivity contribution in [1.82, 2.24) is 5.32 Å². The molecule has 6 heteroatoms. The first-order valence-corrected chi connectivity index (χ1v) is 6.36. The van der Waals surface area contributed by atoms with Crippen LogP contribution in [-0.4, -0.2) is 24.1 Å². The van der Waals surface area contributed by atoms with Gasteiger partial charge in [-0.3, -0.25) is 10.1 Å². The summed E-state index contributed by atoms with van der Waals surface area (Å²) in [7, 11) is 0. The van der Waals surface area contributed by atoms with Crippen LogP contribution in [0.3, 0.4) is 0 Å². The SMILES string of the molecule is N#Cc1ccc(NCC[C@H]2CCCN2)cc1[N+](=O)[O-]. The van der Waals surface area contributed by atoms with E-state index in [4.69, 9.17) is 5.26 Å². The van der Waals surface area contributed by atoms with Gasteiger partial charge in [0.1, 0.15) is 11.6 Å². The molecule has 0 bridgehead atoms. The Hall–Kier alpha value is -2.13. The van der Waals surface area contributed by atoms with Gasteiger partial charge in [-0.1, -0.05) is 0 Å². The highest BCUT2D eigenvalue weighted by molar-refractivity contribution is 5.59. The van der Waals surface area contributed by atoms with Gasteiger partial charge < -0.3 is 10.6 Å². The maximum atomic E-state index is 10.8. The molecule has 1 aliphatic rings. The number of nitrogens with zero attached hydrogens (tertiary/aromatic N) is 2. The number of rotatable bonds is 5. The number of anilines is 1. The Morgan fingerprint density at radius 3 is 3.05 bits per heavy atom. The van der Waals surface area contributed by atoms with Crippen molar-refractivity contribution in [2.24, 2.45) is 0 Å². The molecule has 1 heterocycles. The summed E-state index contributed by atoms with van der Waals surface area (Å²) in [6.45, 7) is 1.84. The van der Waals surface area contributed by atoms with Crippen LogP contribution in [0, 0.1) is 21.4 Å². The molecule has 0 radical (unpaired) electrons. The Morgan fingerprint density at radius 1 is 1.58 bits per heavy atom. The third-order valence-corrected chi connectivity index (χ3v) is 3.30. The van der Waals surface area contributed by atoms with Crippen molar-refractivity contribution in [2.45, 2.75) is 25.3 Å². The molecule has 0 amide bonds. The molecule has 2 N–H and O–H groups in total. The fourth-order valence-corrected chi connectivity index (χ4v) is 2.28. The second-order valence-corrected chi connectivity index (χ2v) is 4.61. The summed E-state index contributed by atoms with van der Waals surface area (Å²) in [4.78, 5) is 10.3. The fraction of sp³-hybridized carbons (Fsp3) is 0.462. The molecule has 0 saturated carbocycles. The predicted molar refractivity (Wildman–Crippen MR) is 71.9 cm³/mol. The quantitative estimate of drug-likeness (QED) is 0.624. The largest absolute Gasteiger partial charge is 0.385 e. The van der Waals surface area contributed by atoms with E-state index >= 15 is 0 Å². The van der Waals surface area contributed by atoms with E-state index in [0.717, 1.165) is 19.5 Å². The molecular weight excluding hydrogens is 244 g/mol. The first-order valence-electron chi connectivity index (χ1n) is 6.36. The maximum absolute atomic E-state index is 10.8. The summed E-state index contributed by atoms with van der Waals surface area (Å²) in [6.07, 6.45) is 3.40. The van der Waals surface area contributed by atoms with Gasteiger partial charge >= 0.3 is 0 Å². The van der Waals surface area contributed by atoms with E-state index in [1.165, 1.54) is 25.0 Å². The van der Waals surface area contributed by atoms with E-state index in [2.05, 4.69) is 10.6 Å². The Balaban J connectivity index is 1.95. The van der Waals surface area contributed by atoms with E-state index < -0.39 is 4.92 Å². The minimum atomic E-state index is -0.526. The summed E-state index contributed by atoms with van der Waals surface area (Å²) in [6, 6.07) is 6.97. The van der Waals surface area contributed by atoms with Crippen LogP contribution in [0.1, 0.15) is 24.8 Å². The van der Waals surface area contributed by atoms with Crippen molar-refractivity contribution in [3.8, 4) is 6.07 Å². The molecule has 0 aromatic heterocycles. The van der Waals surface area contributed by atoms with E-state index in [1.807, 2.05) is 6.07 Å². The number of nitriles is 1. The van der Waals surface area contributed by atoms with Crippen LogP contribution >= 0.6 is 0 Å². The van der Waals surface area contributed by atoms with E-state index in [1.54, 1.807) is 6.07 Å². The third kappa shape index (κ3) is 3.42. The van der Waals surface area contributed by atoms with Crippen LogP contribution in [0.4, 0.5) is 11.4 Å². The monoisotopic (exact) mass is 260 g/mol. The van der Waals surface area contributed by atoms with Crippen molar-refractivity contribution in [2.75, 3.05) is 18.4 Å². The van der Waals surface area contributed by atoms with Crippen LogP contribution in [0.25, 0.3) is 0 Å². The lowest BCUT2D eigenvalue weighted by atomic mass is 10.1. The zero-order chi connectivity index (χ0) is 13.7. The van der Waals surface area contributed by atoms with Crippen LogP contribution in [0.2, 0.25) is 0 Å². The number of hydrogen-bond acceptors (Lipinski definition) is 5. The van der Waals surface area contributed by atoms with Gasteiger partial charge in [-0.25, -0.2) is 0 Å². The lowest BCUT2D eigenvalue weighted by molar-refractivity contribution is -0.385. The molecule has 1 fully saturated rings. The zero-order valence-corrected chi connectivity index (χ0v) is 10.6. The molecule has 0 spiro atoms. The average Bonchev–Trinajstić information content (AvgIpc) is 2.91. The third-order valence-electron chi connectivity index (χ3n) is 3.30. The van der Waals surface area contributed by atoms with Gasteiger partial charge in [0.15, 0.2) is 0 Å². The van der Waals surface area contributed by atoms with Gasteiger partial charge in [-0.05, 0) is 37.9 Å². The molecule has 6 nitrogen and oxygen atoms in total. The maximum Gasteiger partial charge on any atom is 0.289 e. The first kappa shape index (κ1) is 13.3. The van der Waals surface area contributed by atoms with Gasteiger partial charge in [0.25, 0.3) is 5.69 Å². The van der Waals surface area contributed by atoms with Gasteiger partial charge in [-0.2, -0.15) is 5.26 Å². The summed E-state index contributed by atoms with van der Waals surface area (Å²) in [5.74, 6) is 0. The highest BCUT2D eigenvalue weighted by Crippen LogP contribution is 2.22. The minimum Gasteiger partial charge on any atom is -0.385 e. The molecule has 1 aromatic rings. The molecule has 1 aromatic carbocycles.